The molecular weight excluding hydrogens is 454 g/mol. The van der Waals surface area contributed by atoms with Crippen molar-refractivity contribution in [3.05, 3.63) is 48.3 Å². The summed E-state index contributed by atoms with van der Waals surface area (Å²) in [5, 5.41) is 0.554. The molecule has 0 aromatic heterocycles. The van der Waals surface area contributed by atoms with Crippen molar-refractivity contribution in [1.29, 1.82) is 0 Å². The molecule has 0 atom stereocenters. The van der Waals surface area contributed by atoms with Crippen LogP contribution in [0.25, 0.3) is 11.5 Å². The minimum atomic E-state index is 0.339. The Bertz CT molecular complexity index is 1250. The van der Waals surface area contributed by atoms with Gasteiger partial charge in [-0.2, -0.15) is 0 Å². The van der Waals surface area contributed by atoms with Crippen molar-refractivity contribution in [2.75, 3.05) is 33.7 Å². The van der Waals surface area contributed by atoms with Crippen molar-refractivity contribution in [3.8, 4) is 34.5 Å². The predicted molar refractivity (Wildman–Crippen MR) is 130 cm³/mol. The van der Waals surface area contributed by atoms with Crippen molar-refractivity contribution < 1.29 is 18.9 Å². The topological polar surface area (TPSA) is 107 Å². The highest BCUT2D eigenvalue weighted by atomic mass is 32.2. The number of rotatable bonds is 10. The molecule has 2 heterocycles. The van der Waals surface area contributed by atoms with Crippen LogP contribution in [-0.2, 0) is 13.0 Å². The lowest BCUT2D eigenvalue weighted by Gasteiger charge is -2.13. The van der Waals surface area contributed by atoms with Gasteiger partial charge in [0.1, 0.15) is 11.5 Å². The average Bonchev–Trinajstić information content (AvgIpc) is 3.28. The maximum Gasteiger partial charge on any atom is 0.195 e. The number of nitrogen functional groups attached to an aromatic ring is 1. The minimum absolute atomic E-state index is 0.339. The van der Waals surface area contributed by atoms with E-state index in [0.717, 1.165) is 28.4 Å². The first-order chi connectivity index (χ1) is 16.6. The van der Waals surface area contributed by atoms with Gasteiger partial charge in [-0.15, -0.1) is 0 Å². The SMILES string of the molecule is CCOc1cc(CCn2cnc(N)c3nc(Sc4cc(OC)ccc4OC)nc2-3)ccc1OC. The molecule has 2 aromatic rings. The fraction of sp³-hybridized carbons (Fsp3) is 0.292. The third-order valence-corrected chi connectivity index (χ3v) is 6.12. The van der Waals surface area contributed by atoms with Gasteiger partial charge in [0.25, 0.3) is 0 Å². The molecule has 0 saturated carbocycles. The third kappa shape index (κ3) is 4.96. The van der Waals surface area contributed by atoms with E-state index < -0.39 is 0 Å². The lowest BCUT2D eigenvalue weighted by atomic mass is 10.1. The first kappa shape index (κ1) is 23.5. The number of hydrogen-bond donors (Lipinski definition) is 1. The van der Waals surface area contributed by atoms with E-state index in [1.807, 2.05) is 47.9 Å². The van der Waals surface area contributed by atoms with E-state index in [2.05, 4.69) is 9.97 Å². The summed E-state index contributed by atoms with van der Waals surface area (Å²) in [4.78, 5) is 14.5. The molecular formula is C24H27N5O4S. The van der Waals surface area contributed by atoms with Crippen molar-refractivity contribution in [3.63, 3.8) is 0 Å². The van der Waals surface area contributed by atoms with Gasteiger partial charge in [0.05, 0.1) is 39.2 Å². The number of fused-ring (bicyclic) bond motifs is 1. The number of ether oxygens (including phenoxy) is 4. The molecule has 0 radical (unpaired) electrons. The third-order valence-electron chi connectivity index (χ3n) is 5.21. The second-order valence-electron chi connectivity index (χ2n) is 7.29. The molecule has 178 valence electrons. The van der Waals surface area contributed by atoms with E-state index in [-0.39, 0.29) is 0 Å². The van der Waals surface area contributed by atoms with Crippen LogP contribution in [0.2, 0.25) is 0 Å². The van der Waals surface area contributed by atoms with Crippen molar-refractivity contribution in [1.82, 2.24) is 19.5 Å². The zero-order valence-electron chi connectivity index (χ0n) is 19.6. The van der Waals surface area contributed by atoms with Gasteiger partial charge in [-0.1, -0.05) is 6.07 Å². The van der Waals surface area contributed by atoms with E-state index >= 15 is 0 Å². The Morgan fingerprint density at radius 3 is 2.47 bits per heavy atom. The van der Waals surface area contributed by atoms with Crippen LogP contribution >= 0.6 is 11.8 Å². The molecule has 0 unspecified atom stereocenters. The van der Waals surface area contributed by atoms with Crippen LogP contribution in [0.5, 0.6) is 23.0 Å². The van der Waals surface area contributed by atoms with Crippen molar-refractivity contribution in [2.24, 2.45) is 0 Å². The number of methoxy groups -OCH3 is 3. The summed E-state index contributed by atoms with van der Waals surface area (Å²) >= 11 is 1.38. The van der Waals surface area contributed by atoms with Gasteiger partial charge in [-0.25, -0.2) is 15.0 Å². The Labute approximate surface area is 202 Å². The second-order valence-corrected chi connectivity index (χ2v) is 8.30. The number of nitrogens with zero attached hydrogens (tertiary/aromatic N) is 4. The zero-order valence-corrected chi connectivity index (χ0v) is 20.4. The molecule has 0 fully saturated rings. The Hall–Kier alpha value is -3.66. The Morgan fingerprint density at radius 2 is 1.74 bits per heavy atom. The number of hydrogen-bond acceptors (Lipinski definition) is 9. The quantitative estimate of drug-likeness (QED) is 0.357. The van der Waals surface area contributed by atoms with Gasteiger partial charge in [0.2, 0.25) is 0 Å². The Morgan fingerprint density at radius 1 is 0.941 bits per heavy atom. The lowest BCUT2D eigenvalue weighted by molar-refractivity contribution is 0.310. The molecule has 0 bridgehead atoms. The summed E-state index contributed by atoms with van der Waals surface area (Å²) in [6, 6.07) is 11.5. The summed E-state index contributed by atoms with van der Waals surface area (Å²) in [7, 11) is 4.88. The molecule has 4 rings (SSSR count). The predicted octanol–water partition coefficient (Wildman–Crippen LogP) is 4.18. The highest BCUT2D eigenvalue weighted by Crippen LogP contribution is 2.38. The number of benzene rings is 2. The molecule has 2 aromatic carbocycles. The van der Waals surface area contributed by atoms with Crippen molar-refractivity contribution in [2.45, 2.75) is 29.9 Å². The van der Waals surface area contributed by atoms with Crippen LogP contribution in [-0.4, -0.2) is 47.5 Å². The van der Waals surface area contributed by atoms with Gasteiger partial charge in [-0.3, -0.25) is 0 Å². The minimum Gasteiger partial charge on any atom is -0.497 e. The second kappa shape index (κ2) is 10.5. The van der Waals surface area contributed by atoms with Crippen LogP contribution in [0.1, 0.15) is 12.5 Å². The monoisotopic (exact) mass is 481 g/mol. The number of aryl methyl sites for hydroxylation is 2. The molecule has 0 amide bonds. The van der Waals surface area contributed by atoms with Gasteiger partial charge < -0.3 is 29.2 Å². The maximum atomic E-state index is 6.11. The smallest absolute Gasteiger partial charge is 0.195 e. The molecule has 2 aliphatic heterocycles. The summed E-state index contributed by atoms with van der Waals surface area (Å²) in [6.45, 7) is 3.16. The first-order valence-electron chi connectivity index (χ1n) is 10.7. The standard InChI is InChI=1S/C24H27N5O4S/c1-5-33-19-12-15(6-8-17(19)31-3)10-11-29-14-26-22(25)21-23(29)28-24(27-21)34-20-13-16(30-2)7-9-18(20)32-4/h6-9,12-14H,5,10-11,25H2,1-4H3. The van der Waals surface area contributed by atoms with E-state index in [0.29, 0.717) is 47.1 Å². The summed E-state index contributed by atoms with van der Waals surface area (Å²) in [5.41, 5.74) is 7.79. The highest BCUT2D eigenvalue weighted by molar-refractivity contribution is 7.99. The molecule has 0 aliphatic carbocycles. The van der Waals surface area contributed by atoms with Crippen LogP contribution in [0.4, 0.5) is 5.82 Å². The summed E-state index contributed by atoms with van der Waals surface area (Å²) in [5.74, 6) is 3.89. The molecule has 2 aliphatic rings. The Kier molecular flexibility index (Phi) is 7.27. The fourth-order valence-corrected chi connectivity index (χ4v) is 4.39. The molecule has 9 nitrogen and oxygen atoms in total. The maximum absolute atomic E-state index is 6.11. The van der Waals surface area contributed by atoms with Crippen LogP contribution < -0.4 is 24.7 Å². The van der Waals surface area contributed by atoms with Crippen molar-refractivity contribution >= 4 is 17.6 Å². The highest BCUT2D eigenvalue weighted by Gasteiger charge is 2.20. The van der Waals surface area contributed by atoms with E-state index in [1.54, 1.807) is 27.7 Å². The lowest BCUT2D eigenvalue weighted by Crippen LogP contribution is -2.10. The Balaban J connectivity index is 1.59. The van der Waals surface area contributed by atoms with Gasteiger partial charge >= 0.3 is 0 Å². The molecule has 0 saturated heterocycles. The van der Waals surface area contributed by atoms with E-state index in [1.165, 1.54) is 11.8 Å². The number of anilines is 1. The van der Waals surface area contributed by atoms with Gasteiger partial charge in [-0.05, 0) is 61.0 Å². The summed E-state index contributed by atoms with van der Waals surface area (Å²) < 4.78 is 23.8. The average molecular weight is 482 g/mol. The normalized spacial score (nSPS) is 10.9. The van der Waals surface area contributed by atoms with Crippen LogP contribution in [0, 0.1) is 0 Å². The number of aromatic nitrogens is 4. The number of nitrogens with two attached hydrogens (primary N) is 1. The van der Waals surface area contributed by atoms with Gasteiger partial charge in [0.15, 0.2) is 34.0 Å². The van der Waals surface area contributed by atoms with E-state index in [9.17, 15) is 0 Å². The molecule has 0 spiro atoms. The van der Waals surface area contributed by atoms with Gasteiger partial charge in [0, 0.05) is 6.54 Å². The van der Waals surface area contributed by atoms with Crippen LogP contribution in [0.3, 0.4) is 0 Å². The number of imidazole rings is 1. The van der Waals surface area contributed by atoms with E-state index in [4.69, 9.17) is 29.7 Å². The first-order valence-corrected chi connectivity index (χ1v) is 11.6. The fourth-order valence-electron chi connectivity index (χ4n) is 3.50. The zero-order chi connectivity index (χ0) is 24.1. The van der Waals surface area contributed by atoms with Crippen LogP contribution in [0.15, 0.2) is 52.8 Å². The molecule has 2 N–H and O–H groups in total. The summed E-state index contributed by atoms with van der Waals surface area (Å²) in [6.07, 6.45) is 2.44. The molecule has 34 heavy (non-hydrogen) atoms. The molecule has 10 heteroatoms. The largest absolute Gasteiger partial charge is 0.497 e.